The van der Waals surface area contributed by atoms with Gasteiger partial charge >= 0.3 is 0 Å². The zero-order valence-corrected chi connectivity index (χ0v) is 14.5. The van der Waals surface area contributed by atoms with Crippen molar-refractivity contribution in [1.82, 2.24) is 9.80 Å². The number of amides is 1. The first-order chi connectivity index (χ1) is 11.5. The average Bonchev–Trinajstić information content (AvgIpc) is 2.96. The lowest BCUT2D eigenvalue weighted by Crippen LogP contribution is -2.34. The summed E-state index contributed by atoms with van der Waals surface area (Å²) < 4.78 is 5.09. The number of aliphatic hydroxyl groups excluding tert-OH is 1. The summed E-state index contributed by atoms with van der Waals surface area (Å²) in [6.45, 7) is 3.70. The van der Waals surface area contributed by atoms with Crippen molar-refractivity contribution >= 4 is 5.91 Å². The Hall–Kier alpha value is -1.63. The number of methoxy groups -OCH3 is 1. The molecule has 0 aliphatic carbocycles. The van der Waals surface area contributed by atoms with Crippen LogP contribution in [0.15, 0.2) is 24.3 Å². The number of likely N-dealkylation sites (N-methyl/N-ethyl adjacent to an activating group) is 1. The number of carbonyl (C=O) groups is 1. The monoisotopic (exact) mass is 336 g/mol. The van der Waals surface area contributed by atoms with E-state index in [1.165, 1.54) is 0 Å². The lowest BCUT2D eigenvalue weighted by Gasteiger charge is -2.23. The number of carbonyl (C=O) groups excluding carboxylic acids is 1. The molecule has 0 spiro atoms. The van der Waals surface area contributed by atoms with Gasteiger partial charge in [0.2, 0.25) is 5.91 Å². The first-order valence-electron chi connectivity index (χ1n) is 8.37. The fourth-order valence-electron chi connectivity index (χ4n) is 3.25. The molecule has 0 saturated carbocycles. The van der Waals surface area contributed by atoms with Crippen molar-refractivity contribution in [2.24, 2.45) is 11.8 Å². The van der Waals surface area contributed by atoms with E-state index in [1.54, 1.807) is 25.3 Å². The summed E-state index contributed by atoms with van der Waals surface area (Å²) in [4.78, 5) is 16.5. The van der Waals surface area contributed by atoms with E-state index in [-0.39, 0.29) is 36.5 Å². The van der Waals surface area contributed by atoms with Crippen LogP contribution in [0.3, 0.4) is 0 Å². The molecule has 1 amide bonds. The van der Waals surface area contributed by atoms with Crippen molar-refractivity contribution in [3.8, 4) is 5.75 Å². The Labute approximate surface area is 143 Å². The van der Waals surface area contributed by atoms with Gasteiger partial charge in [-0.3, -0.25) is 4.79 Å². The van der Waals surface area contributed by atoms with Gasteiger partial charge in [-0.2, -0.15) is 0 Å². The minimum Gasteiger partial charge on any atom is -0.508 e. The Bertz CT molecular complexity index is 538. The predicted octanol–water partition coefficient (Wildman–Crippen LogP) is 0.580. The number of benzene rings is 1. The molecule has 6 nitrogen and oxygen atoms in total. The molecule has 24 heavy (non-hydrogen) atoms. The summed E-state index contributed by atoms with van der Waals surface area (Å²) in [6.07, 6.45) is 0.277. The molecule has 134 valence electrons. The van der Waals surface area contributed by atoms with Crippen molar-refractivity contribution in [2.75, 3.05) is 53.6 Å². The van der Waals surface area contributed by atoms with Crippen LogP contribution < -0.4 is 0 Å². The molecule has 1 saturated heterocycles. The SMILES string of the molecule is COCCN(C)C[C@@H]1CN(C(=O)Cc2cccc(O)c2)C[C@@H]1CO. The number of phenols is 1. The third kappa shape index (κ3) is 5.19. The van der Waals surface area contributed by atoms with Crippen molar-refractivity contribution in [3.05, 3.63) is 29.8 Å². The number of likely N-dealkylation sites (tertiary alicyclic amines) is 1. The van der Waals surface area contributed by atoms with E-state index >= 15 is 0 Å². The van der Waals surface area contributed by atoms with Crippen molar-refractivity contribution in [2.45, 2.75) is 6.42 Å². The van der Waals surface area contributed by atoms with Crippen LogP contribution in [0.25, 0.3) is 0 Å². The fourth-order valence-corrected chi connectivity index (χ4v) is 3.25. The van der Waals surface area contributed by atoms with Crippen LogP contribution >= 0.6 is 0 Å². The van der Waals surface area contributed by atoms with Crippen LogP contribution in [-0.4, -0.2) is 79.5 Å². The van der Waals surface area contributed by atoms with Gasteiger partial charge in [0, 0.05) is 45.8 Å². The summed E-state index contributed by atoms with van der Waals surface area (Å²) in [5, 5.41) is 19.1. The number of phenolic OH excluding ortho intramolecular Hbond substituents is 1. The van der Waals surface area contributed by atoms with Gasteiger partial charge in [-0.15, -0.1) is 0 Å². The lowest BCUT2D eigenvalue weighted by atomic mass is 9.96. The second-order valence-corrected chi connectivity index (χ2v) is 6.60. The number of nitrogens with zero attached hydrogens (tertiary/aromatic N) is 2. The molecule has 0 bridgehead atoms. The van der Waals surface area contributed by atoms with Gasteiger partial charge in [0.25, 0.3) is 0 Å². The molecule has 1 aromatic carbocycles. The Kier molecular flexibility index (Phi) is 7.02. The molecule has 1 aromatic rings. The van der Waals surface area contributed by atoms with Crippen molar-refractivity contribution in [3.63, 3.8) is 0 Å². The standard InChI is InChI=1S/C18H28N2O4/c1-19(6-7-24-2)10-15-11-20(12-16(15)13-21)18(23)9-14-4-3-5-17(22)8-14/h3-5,8,15-16,21-22H,6-7,9-13H2,1-2H3/t15-,16-/m1/s1. The Morgan fingerprint density at radius 2 is 2.12 bits per heavy atom. The van der Waals surface area contributed by atoms with Gasteiger partial charge < -0.3 is 24.7 Å². The van der Waals surface area contributed by atoms with Crippen LogP contribution in [0.2, 0.25) is 0 Å². The van der Waals surface area contributed by atoms with E-state index in [0.29, 0.717) is 19.7 Å². The highest BCUT2D eigenvalue weighted by Crippen LogP contribution is 2.25. The molecule has 0 aromatic heterocycles. The van der Waals surface area contributed by atoms with E-state index in [0.717, 1.165) is 18.7 Å². The summed E-state index contributed by atoms with van der Waals surface area (Å²) in [5.41, 5.74) is 0.807. The normalized spacial score (nSPS) is 20.8. The zero-order valence-electron chi connectivity index (χ0n) is 14.5. The first-order valence-corrected chi connectivity index (χ1v) is 8.37. The van der Waals surface area contributed by atoms with Crippen LogP contribution in [0, 0.1) is 11.8 Å². The molecule has 6 heteroatoms. The minimum atomic E-state index is 0.0427. The Morgan fingerprint density at radius 3 is 2.79 bits per heavy atom. The number of aromatic hydroxyl groups is 1. The highest BCUT2D eigenvalue weighted by Gasteiger charge is 2.35. The number of hydrogen-bond donors (Lipinski definition) is 2. The summed E-state index contributed by atoms with van der Waals surface area (Å²) in [7, 11) is 3.71. The molecule has 1 aliphatic heterocycles. The van der Waals surface area contributed by atoms with E-state index in [2.05, 4.69) is 4.90 Å². The molecule has 0 unspecified atom stereocenters. The first kappa shape index (κ1) is 18.7. The van der Waals surface area contributed by atoms with E-state index in [9.17, 15) is 15.0 Å². The van der Waals surface area contributed by atoms with Gasteiger partial charge in [0.15, 0.2) is 0 Å². The maximum Gasteiger partial charge on any atom is 0.227 e. The van der Waals surface area contributed by atoms with Gasteiger partial charge in [-0.05, 0) is 30.7 Å². The topological polar surface area (TPSA) is 73.2 Å². The third-order valence-electron chi connectivity index (χ3n) is 4.65. The quantitative estimate of drug-likeness (QED) is 0.726. The summed E-state index contributed by atoms with van der Waals surface area (Å²) >= 11 is 0. The summed E-state index contributed by atoms with van der Waals surface area (Å²) in [6, 6.07) is 6.80. The highest BCUT2D eigenvalue weighted by molar-refractivity contribution is 5.79. The number of aliphatic hydroxyl groups is 1. The Morgan fingerprint density at radius 1 is 1.38 bits per heavy atom. The number of ether oxygens (including phenoxy) is 1. The van der Waals surface area contributed by atoms with Crippen LogP contribution in [0.5, 0.6) is 5.75 Å². The molecule has 0 radical (unpaired) electrons. The predicted molar refractivity (Wildman–Crippen MR) is 91.8 cm³/mol. The molecule has 1 heterocycles. The molecule has 2 rings (SSSR count). The maximum absolute atomic E-state index is 12.5. The second-order valence-electron chi connectivity index (χ2n) is 6.60. The van der Waals surface area contributed by atoms with E-state index < -0.39 is 0 Å². The zero-order chi connectivity index (χ0) is 17.5. The van der Waals surface area contributed by atoms with E-state index in [1.807, 2.05) is 18.0 Å². The van der Waals surface area contributed by atoms with Gasteiger partial charge in [0.1, 0.15) is 5.75 Å². The lowest BCUT2D eigenvalue weighted by molar-refractivity contribution is -0.129. The smallest absolute Gasteiger partial charge is 0.227 e. The van der Waals surface area contributed by atoms with Crippen molar-refractivity contribution in [1.29, 1.82) is 0 Å². The maximum atomic E-state index is 12.5. The van der Waals surface area contributed by atoms with Crippen LogP contribution in [-0.2, 0) is 16.0 Å². The molecular formula is C18H28N2O4. The molecule has 2 N–H and O–H groups in total. The van der Waals surface area contributed by atoms with Gasteiger partial charge in [-0.1, -0.05) is 12.1 Å². The summed E-state index contributed by atoms with van der Waals surface area (Å²) in [5.74, 6) is 0.599. The molecular weight excluding hydrogens is 308 g/mol. The molecule has 1 fully saturated rings. The molecule has 2 atom stereocenters. The van der Waals surface area contributed by atoms with Gasteiger partial charge in [-0.25, -0.2) is 0 Å². The average molecular weight is 336 g/mol. The minimum absolute atomic E-state index is 0.0427. The second kappa shape index (κ2) is 9.01. The highest BCUT2D eigenvalue weighted by atomic mass is 16.5. The molecule has 1 aliphatic rings. The van der Waals surface area contributed by atoms with E-state index in [4.69, 9.17) is 4.74 Å². The third-order valence-corrected chi connectivity index (χ3v) is 4.65. The largest absolute Gasteiger partial charge is 0.508 e. The van der Waals surface area contributed by atoms with Crippen LogP contribution in [0.4, 0.5) is 0 Å². The van der Waals surface area contributed by atoms with Crippen LogP contribution in [0.1, 0.15) is 5.56 Å². The number of hydrogen-bond acceptors (Lipinski definition) is 5. The fraction of sp³-hybridized carbons (Fsp3) is 0.611. The van der Waals surface area contributed by atoms with Crippen molar-refractivity contribution < 1.29 is 19.7 Å². The number of rotatable bonds is 8. The van der Waals surface area contributed by atoms with Gasteiger partial charge in [0.05, 0.1) is 13.0 Å². The Balaban J connectivity index is 1.91.